The van der Waals surface area contributed by atoms with Gasteiger partial charge in [-0.2, -0.15) is 5.10 Å². The summed E-state index contributed by atoms with van der Waals surface area (Å²) in [4.78, 5) is 21.4. The zero-order valence-corrected chi connectivity index (χ0v) is 17.9. The molecule has 0 saturated carbocycles. The number of carbonyl (C=O) groups is 1. The van der Waals surface area contributed by atoms with Crippen LogP contribution in [0.4, 0.5) is 14.5 Å². The van der Waals surface area contributed by atoms with Gasteiger partial charge in [0.25, 0.3) is 5.91 Å². The molecule has 3 aromatic rings. The third-order valence-corrected chi connectivity index (χ3v) is 4.69. The highest BCUT2D eigenvalue weighted by Gasteiger charge is 2.27. The summed E-state index contributed by atoms with van der Waals surface area (Å²) in [5.41, 5.74) is 1.56. The van der Waals surface area contributed by atoms with Crippen molar-refractivity contribution in [3.05, 3.63) is 42.0 Å². The van der Waals surface area contributed by atoms with Gasteiger partial charge in [-0.1, -0.05) is 0 Å². The molecule has 0 aliphatic heterocycles. The Morgan fingerprint density at radius 2 is 1.97 bits per heavy atom. The minimum absolute atomic E-state index is 0.0225. The number of halogens is 2. The highest BCUT2D eigenvalue weighted by Crippen LogP contribution is 2.26. The minimum Gasteiger partial charge on any atom is -0.387 e. The molecule has 3 heterocycles. The number of carbonyl (C=O) groups excluding carboxylic acids is 1. The summed E-state index contributed by atoms with van der Waals surface area (Å²) >= 11 is 0. The lowest BCUT2D eigenvalue weighted by Crippen LogP contribution is -2.42. The topological polar surface area (TPSA) is 104 Å². The number of alkyl halides is 2. The highest BCUT2D eigenvalue weighted by atomic mass is 19.1. The predicted octanol–water partition coefficient (Wildman–Crippen LogP) is 2.71. The second-order valence-electron chi connectivity index (χ2n) is 8.07. The van der Waals surface area contributed by atoms with Crippen LogP contribution >= 0.6 is 0 Å². The number of aryl methyl sites for hydroxylation is 1. The Balaban J connectivity index is 1.92. The van der Waals surface area contributed by atoms with Crippen LogP contribution in [0.3, 0.4) is 0 Å². The summed E-state index contributed by atoms with van der Waals surface area (Å²) in [6, 6.07) is 1.61. The van der Waals surface area contributed by atoms with Crippen LogP contribution in [-0.2, 0) is 0 Å². The van der Waals surface area contributed by atoms with Gasteiger partial charge in [-0.3, -0.25) is 9.78 Å². The molecule has 31 heavy (non-hydrogen) atoms. The molecule has 166 valence electrons. The third kappa shape index (κ3) is 5.32. The van der Waals surface area contributed by atoms with E-state index in [0.717, 1.165) is 5.56 Å². The lowest BCUT2D eigenvalue weighted by Gasteiger charge is -2.22. The first-order chi connectivity index (χ1) is 14.6. The summed E-state index contributed by atoms with van der Waals surface area (Å²) in [6.07, 6.45) is 3.68. The number of pyridine rings is 1. The number of hydrogen-bond acceptors (Lipinski definition) is 6. The molecule has 3 rings (SSSR count). The molecule has 0 radical (unpaired) electrons. The number of anilines is 1. The molecule has 3 N–H and O–H groups in total. The molecule has 0 bridgehead atoms. The first-order valence-corrected chi connectivity index (χ1v) is 9.89. The normalized spacial score (nSPS) is 13.8. The SMILES string of the molecule is Cc1cnc2c(-c3cc(NC[C@H](C)F)c(C(=O)NC[C@@H](F)C(C)(C)O)cn3)cnn2c1. The summed E-state index contributed by atoms with van der Waals surface area (Å²) in [5.74, 6) is -0.589. The maximum absolute atomic E-state index is 14.0. The van der Waals surface area contributed by atoms with E-state index in [9.17, 15) is 18.7 Å². The average molecular weight is 432 g/mol. The van der Waals surface area contributed by atoms with E-state index in [1.54, 1.807) is 23.0 Å². The van der Waals surface area contributed by atoms with E-state index < -0.39 is 23.9 Å². The highest BCUT2D eigenvalue weighted by molar-refractivity contribution is 6.00. The van der Waals surface area contributed by atoms with Gasteiger partial charge in [0, 0.05) is 25.1 Å². The molecule has 3 aromatic heterocycles. The van der Waals surface area contributed by atoms with Crippen molar-refractivity contribution < 1.29 is 18.7 Å². The van der Waals surface area contributed by atoms with Crippen LogP contribution in [0.15, 0.2) is 30.9 Å². The molecular weight excluding hydrogens is 406 g/mol. The molecule has 0 unspecified atom stereocenters. The van der Waals surface area contributed by atoms with Gasteiger partial charge >= 0.3 is 0 Å². The van der Waals surface area contributed by atoms with Gasteiger partial charge in [0.05, 0.1) is 40.9 Å². The van der Waals surface area contributed by atoms with E-state index in [-0.39, 0.29) is 18.7 Å². The number of amides is 1. The molecular formula is C21H26F2N6O2. The maximum Gasteiger partial charge on any atom is 0.255 e. The van der Waals surface area contributed by atoms with Crippen LogP contribution in [0.25, 0.3) is 16.9 Å². The van der Waals surface area contributed by atoms with E-state index >= 15 is 0 Å². The molecule has 0 aliphatic carbocycles. The molecule has 0 aromatic carbocycles. The Morgan fingerprint density at radius 3 is 2.65 bits per heavy atom. The Labute approximate surface area is 178 Å². The van der Waals surface area contributed by atoms with Crippen molar-refractivity contribution in [2.75, 3.05) is 18.4 Å². The fourth-order valence-corrected chi connectivity index (χ4v) is 2.86. The number of aliphatic hydroxyl groups is 1. The van der Waals surface area contributed by atoms with Gasteiger partial charge in [0.1, 0.15) is 12.3 Å². The number of hydrogen-bond donors (Lipinski definition) is 3. The van der Waals surface area contributed by atoms with E-state index in [1.807, 2.05) is 13.1 Å². The quantitative estimate of drug-likeness (QED) is 0.506. The summed E-state index contributed by atoms with van der Waals surface area (Å²) in [6.45, 7) is 5.54. The zero-order valence-electron chi connectivity index (χ0n) is 17.9. The standard InChI is InChI=1S/C21H26F2N6O2/c1-12-6-26-19-14(9-28-29(19)11-12)16-5-17(24-7-13(2)22)15(8-25-16)20(30)27-10-18(23)21(3,4)31/h5-6,8-9,11,13,18,31H,7,10H2,1-4H3,(H,24,25)(H,27,30)/t13-,18+/m0/s1. The molecule has 1 amide bonds. The number of nitrogens with zero attached hydrogens (tertiary/aromatic N) is 4. The van der Waals surface area contributed by atoms with Crippen molar-refractivity contribution in [2.45, 2.75) is 45.6 Å². The monoisotopic (exact) mass is 432 g/mol. The van der Waals surface area contributed by atoms with Crippen molar-refractivity contribution in [2.24, 2.45) is 0 Å². The largest absolute Gasteiger partial charge is 0.387 e. The van der Waals surface area contributed by atoms with Crippen molar-refractivity contribution in [1.29, 1.82) is 0 Å². The summed E-state index contributed by atoms with van der Waals surface area (Å²) < 4.78 is 29.1. The number of fused-ring (bicyclic) bond motifs is 1. The van der Waals surface area contributed by atoms with E-state index in [2.05, 4.69) is 25.7 Å². The second-order valence-corrected chi connectivity index (χ2v) is 8.07. The van der Waals surface area contributed by atoms with Crippen LogP contribution in [0, 0.1) is 6.92 Å². The maximum atomic E-state index is 14.0. The Bertz CT molecular complexity index is 1080. The Hall–Kier alpha value is -3.14. The van der Waals surface area contributed by atoms with Crippen molar-refractivity contribution in [1.82, 2.24) is 24.9 Å². The van der Waals surface area contributed by atoms with Gasteiger partial charge in [0.15, 0.2) is 5.65 Å². The first kappa shape index (κ1) is 22.5. The molecule has 0 fully saturated rings. The fraction of sp³-hybridized carbons (Fsp3) is 0.429. The van der Waals surface area contributed by atoms with E-state index in [1.165, 1.54) is 27.0 Å². The lowest BCUT2D eigenvalue weighted by atomic mass is 10.0. The summed E-state index contributed by atoms with van der Waals surface area (Å²) in [7, 11) is 0. The fourth-order valence-electron chi connectivity index (χ4n) is 2.86. The van der Waals surface area contributed by atoms with Gasteiger partial charge in [0.2, 0.25) is 0 Å². The smallest absolute Gasteiger partial charge is 0.255 e. The molecule has 8 nitrogen and oxygen atoms in total. The van der Waals surface area contributed by atoms with Gasteiger partial charge in [-0.15, -0.1) is 0 Å². The van der Waals surface area contributed by atoms with Gasteiger partial charge in [-0.25, -0.2) is 18.3 Å². The molecule has 0 saturated heterocycles. The van der Waals surface area contributed by atoms with Gasteiger partial charge in [-0.05, 0) is 39.3 Å². The lowest BCUT2D eigenvalue weighted by molar-refractivity contribution is -0.00177. The Kier molecular flexibility index (Phi) is 6.49. The molecule has 10 heteroatoms. The Morgan fingerprint density at radius 1 is 1.23 bits per heavy atom. The zero-order chi connectivity index (χ0) is 22.8. The first-order valence-electron chi connectivity index (χ1n) is 9.89. The summed E-state index contributed by atoms with van der Waals surface area (Å²) in [5, 5.41) is 19.3. The number of nitrogens with one attached hydrogen (secondary N) is 2. The number of aromatic nitrogens is 4. The van der Waals surface area contributed by atoms with Crippen LogP contribution < -0.4 is 10.6 Å². The van der Waals surface area contributed by atoms with Crippen LogP contribution in [0.1, 0.15) is 36.7 Å². The van der Waals surface area contributed by atoms with Crippen LogP contribution in [0.5, 0.6) is 0 Å². The third-order valence-electron chi connectivity index (χ3n) is 4.69. The predicted molar refractivity (Wildman–Crippen MR) is 114 cm³/mol. The van der Waals surface area contributed by atoms with Crippen LogP contribution in [-0.4, -0.2) is 61.6 Å². The number of rotatable bonds is 8. The van der Waals surface area contributed by atoms with Crippen molar-refractivity contribution >= 4 is 17.2 Å². The average Bonchev–Trinajstić information content (AvgIpc) is 3.12. The molecule has 0 spiro atoms. The van der Waals surface area contributed by atoms with Gasteiger partial charge < -0.3 is 15.7 Å². The van der Waals surface area contributed by atoms with E-state index in [0.29, 0.717) is 22.6 Å². The second kappa shape index (κ2) is 8.93. The van der Waals surface area contributed by atoms with E-state index in [4.69, 9.17) is 0 Å². The van der Waals surface area contributed by atoms with Crippen LogP contribution in [0.2, 0.25) is 0 Å². The minimum atomic E-state index is -1.65. The van der Waals surface area contributed by atoms with Crippen molar-refractivity contribution in [3.63, 3.8) is 0 Å². The molecule has 0 aliphatic rings. The molecule has 2 atom stereocenters. The van der Waals surface area contributed by atoms with Crippen molar-refractivity contribution in [3.8, 4) is 11.3 Å².